The van der Waals surface area contributed by atoms with E-state index >= 15 is 0 Å². The highest BCUT2D eigenvalue weighted by molar-refractivity contribution is 5.94. The number of hydrogen-bond donors (Lipinski definition) is 2. The van der Waals surface area contributed by atoms with Crippen molar-refractivity contribution in [2.75, 3.05) is 11.9 Å². The normalized spacial score (nSPS) is 15.8. The molecule has 1 aromatic carbocycles. The first-order valence-corrected chi connectivity index (χ1v) is 6.44. The molecule has 0 aromatic heterocycles. The van der Waals surface area contributed by atoms with Gasteiger partial charge in [-0.15, -0.1) is 0 Å². The van der Waals surface area contributed by atoms with E-state index in [1.54, 1.807) is 0 Å². The van der Waals surface area contributed by atoms with Gasteiger partial charge in [0.15, 0.2) is 0 Å². The number of nitrogens with one attached hydrogen (secondary N) is 2. The smallest absolute Gasteiger partial charge is 0.251 e. The Bertz CT molecular complexity index is 366. The maximum Gasteiger partial charge on any atom is 0.251 e. The number of carbonyl (C=O) groups excluding carboxylic acids is 1. The summed E-state index contributed by atoms with van der Waals surface area (Å²) in [5, 5.41) is 6.30. The van der Waals surface area contributed by atoms with Crippen molar-refractivity contribution >= 4 is 11.6 Å². The van der Waals surface area contributed by atoms with Gasteiger partial charge in [-0.2, -0.15) is 0 Å². The average Bonchev–Trinajstić information content (AvgIpc) is 2.83. The van der Waals surface area contributed by atoms with E-state index in [-0.39, 0.29) is 5.91 Å². The monoisotopic (exact) mass is 232 g/mol. The van der Waals surface area contributed by atoms with Crippen LogP contribution in [0.1, 0.15) is 43.0 Å². The van der Waals surface area contributed by atoms with Crippen LogP contribution in [0.25, 0.3) is 0 Å². The third-order valence-electron chi connectivity index (χ3n) is 3.22. The number of hydrogen-bond acceptors (Lipinski definition) is 2. The molecular weight excluding hydrogens is 212 g/mol. The van der Waals surface area contributed by atoms with Crippen LogP contribution in [0, 0.1) is 0 Å². The van der Waals surface area contributed by atoms with Gasteiger partial charge in [-0.25, -0.2) is 0 Å². The van der Waals surface area contributed by atoms with Gasteiger partial charge >= 0.3 is 0 Å². The lowest BCUT2D eigenvalue weighted by Crippen LogP contribution is -2.32. The maximum absolute atomic E-state index is 11.9. The Balaban J connectivity index is 1.93. The van der Waals surface area contributed by atoms with E-state index in [0.717, 1.165) is 30.6 Å². The number of rotatable bonds is 4. The summed E-state index contributed by atoms with van der Waals surface area (Å²) in [6, 6.07) is 8.04. The summed E-state index contributed by atoms with van der Waals surface area (Å²) in [5.74, 6) is 0.0555. The van der Waals surface area contributed by atoms with Crippen molar-refractivity contribution in [1.29, 1.82) is 0 Å². The highest BCUT2D eigenvalue weighted by Gasteiger charge is 2.17. The van der Waals surface area contributed by atoms with Crippen molar-refractivity contribution in [1.82, 2.24) is 5.32 Å². The van der Waals surface area contributed by atoms with Crippen LogP contribution in [-0.4, -0.2) is 18.5 Å². The second-order valence-corrected chi connectivity index (χ2v) is 4.56. The van der Waals surface area contributed by atoms with E-state index in [9.17, 15) is 4.79 Å². The standard InChI is InChI=1S/C14H20N2O/c1-2-15-12-9-7-11(8-10-12)14(17)16-13-5-3-4-6-13/h7-10,13,15H,2-6H2,1H3,(H,16,17). The molecule has 1 fully saturated rings. The van der Waals surface area contributed by atoms with Crippen LogP contribution < -0.4 is 10.6 Å². The zero-order valence-corrected chi connectivity index (χ0v) is 10.3. The maximum atomic E-state index is 11.9. The van der Waals surface area contributed by atoms with E-state index in [2.05, 4.69) is 17.6 Å². The highest BCUT2D eigenvalue weighted by atomic mass is 16.1. The summed E-state index contributed by atoms with van der Waals surface area (Å²) in [7, 11) is 0. The number of amides is 1. The third-order valence-corrected chi connectivity index (χ3v) is 3.22. The van der Waals surface area contributed by atoms with Crippen LogP contribution >= 0.6 is 0 Å². The minimum Gasteiger partial charge on any atom is -0.385 e. The third kappa shape index (κ3) is 3.22. The number of anilines is 1. The van der Waals surface area contributed by atoms with Crippen molar-refractivity contribution in [3.05, 3.63) is 29.8 Å². The Labute approximate surface area is 103 Å². The summed E-state index contributed by atoms with van der Waals surface area (Å²) in [4.78, 5) is 11.9. The molecule has 0 atom stereocenters. The molecule has 17 heavy (non-hydrogen) atoms. The Morgan fingerprint density at radius 1 is 1.24 bits per heavy atom. The fourth-order valence-electron chi connectivity index (χ4n) is 2.28. The zero-order valence-electron chi connectivity index (χ0n) is 10.3. The summed E-state index contributed by atoms with van der Waals surface area (Å²) in [6.45, 7) is 2.95. The molecule has 0 spiro atoms. The quantitative estimate of drug-likeness (QED) is 0.838. The lowest BCUT2D eigenvalue weighted by atomic mass is 10.1. The summed E-state index contributed by atoms with van der Waals surface area (Å²) in [6.07, 6.45) is 4.73. The van der Waals surface area contributed by atoms with E-state index < -0.39 is 0 Å². The molecule has 0 bridgehead atoms. The van der Waals surface area contributed by atoms with Crippen molar-refractivity contribution in [3.63, 3.8) is 0 Å². The van der Waals surface area contributed by atoms with Gasteiger partial charge in [0.2, 0.25) is 0 Å². The molecule has 0 unspecified atom stereocenters. The first kappa shape index (κ1) is 12.0. The van der Waals surface area contributed by atoms with Gasteiger partial charge in [0.25, 0.3) is 5.91 Å². The molecule has 3 nitrogen and oxygen atoms in total. The molecule has 1 saturated carbocycles. The van der Waals surface area contributed by atoms with Gasteiger partial charge in [0.05, 0.1) is 0 Å². The molecule has 3 heteroatoms. The molecule has 1 aliphatic carbocycles. The SMILES string of the molecule is CCNc1ccc(C(=O)NC2CCCC2)cc1. The molecule has 92 valence electrons. The lowest BCUT2D eigenvalue weighted by molar-refractivity contribution is 0.0938. The zero-order chi connectivity index (χ0) is 12.1. The van der Waals surface area contributed by atoms with Crippen LogP contribution in [0.15, 0.2) is 24.3 Å². The first-order valence-electron chi connectivity index (χ1n) is 6.44. The molecule has 0 saturated heterocycles. The van der Waals surface area contributed by atoms with Gasteiger partial charge in [-0.3, -0.25) is 4.79 Å². The van der Waals surface area contributed by atoms with E-state index in [0.29, 0.717) is 6.04 Å². The highest BCUT2D eigenvalue weighted by Crippen LogP contribution is 2.18. The Morgan fingerprint density at radius 2 is 1.88 bits per heavy atom. The topological polar surface area (TPSA) is 41.1 Å². The van der Waals surface area contributed by atoms with Gasteiger partial charge in [-0.1, -0.05) is 12.8 Å². The summed E-state index contributed by atoms with van der Waals surface area (Å²) >= 11 is 0. The molecular formula is C14H20N2O. The minimum absolute atomic E-state index is 0.0555. The fourth-order valence-corrected chi connectivity index (χ4v) is 2.28. The van der Waals surface area contributed by atoms with Crippen LogP contribution in [0.5, 0.6) is 0 Å². The van der Waals surface area contributed by atoms with Crippen molar-refractivity contribution in [2.24, 2.45) is 0 Å². The van der Waals surface area contributed by atoms with Crippen LogP contribution in [-0.2, 0) is 0 Å². The summed E-state index contributed by atoms with van der Waals surface area (Å²) in [5.41, 5.74) is 1.81. The van der Waals surface area contributed by atoms with Crippen LogP contribution in [0.4, 0.5) is 5.69 Å². The molecule has 0 heterocycles. The van der Waals surface area contributed by atoms with E-state index in [4.69, 9.17) is 0 Å². The molecule has 0 radical (unpaired) electrons. The van der Waals surface area contributed by atoms with Crippen LogP contribution in [0.2, 0.25) is 0 Å². The minimum atomic E-state index is 0.0555. The Hall–Kier alpha value is -1.51. The van der Waals surface area contributed by atoms with Crippen molar-refractivity contribution in [2.45, 2.75) is 38.6 Å². The van der Waals surface area contributed by atoms with Crippen LogP contribution in [0.3, 0.4) is 0 Å². The predicted molar refractivity (Wildman–Crippen MR) is 70.3 cm³/mol. The van der Waals surface area contributed by atoms with Crippen molar-refractivity contribution in [3.8, 4) is 0 Å². The second kappa shape index (κ2) is 5.71. The number of carbonyl (C=O) groups is 1. The lowest BCUT2D eigenvalue weighted by Gasteiger charge is -2.12. The average molecular weight is 232 g/mol. The molecule has 1 aliphatic rings. The molecule has 2 N–H and O–H groups in total. The summed E-state index contributed by atoms with van der Waals surface area (Å²) < 4.78 is 0. The Morgan fingerprint density at radius 3 is 2.47 bits per heavy atom. The van der Waals surface area contributed by atoms with Crippen molar-refractivity contribution < 1.29 is 4.79 Å². The molecule has 1 amide bonds. The van der Waals surface area contributed by atoms with Gasteiger partial charge in [-0.05, 0) is 44.0 Å². The van der Waals surface area contributed by atoms with E-state index in [1.807, 2.05) is 24.3 Å². The first-order chi connectivity index (χ1) is 8.29. The van der Waals surface area contributed by atoms with Gasteiger partial charge in [0, 0.05) is 23.8 Å². The molecule has 2 rings (SSSR count). The molecule has 0 aliphatic heterocycles. The molecule has 1 aromatic rings. The van der Waals surface area contributed by atoms with Gasteiger partial charge in [0.1, 0.15) is 0 Å². The Kier molecular flexibility index (Phi) is 4.02. The second-order valence-electron chi connectivity index (χ2n) is 4.56. The fraction of sp³-hybridized carbons (Fsp3) is 0.500. The number of benzene rings is 1. The van der Waals surface area contributed by atoms with Gasteiger partial charge < -0.3 is 10.6 Å². The van der Waals surface area contributed by atoms with E-state index in [1.165, 1.54) is 12.8 Å². The predicted octanol–water partition coefficient (Wildman–Crippen LogP) is 2.79. The largest absolute Gasteiger partial charge is 0.385 e.